The summed E-state index contributed by atoms with van der Waals surface area (Å²) in [5, 5.41) is 9.88. The lowest BCUT2D eigenvalue weighted by molar-refractivity contribution is -0.884. The normalized spacial score (nSPS) is 25.0. The molecule has 126 valence electrons. The number of hydrogen-bond donors (Lipinski definition) is 1. The molecule has 0 saturated carbocycles. The number of amides is 1. The van der Waals surface area contributed by atoms with E-state index in [1.807, 2.05) is 37.3 Å². The van der Waals surface area contributed by atoms with E-state index < -0.39 is 12.1 Å². The number of likely N-dealkylation sites (tertiary alicyclic amines) is 1. The fraction of sp³-hybridized carbons (Fsp3) is 0.556. The van der Waals surface area contributed by atoms with Crippen LogP contribution in [-0.4, -0.2) is 46.9 Å². The van der Waals surface area contributed by atoms with Crippen LogP contribution in [0.25, 0.3) is 0 Å². The molecule has 3 atom stereocenters. The van der Waals surface area contributed by atoms with Crippen molar-refractivity contribution in [1.82, 2.24) is 0 Å². The third-order valence-electron chi connectivity index (χ3n) is 4.96. The third-order valence-corrected chi connectivity index (χ3v) is 4.96. The number of nitrogens with zero attached hydrogens (tertiary/aromatic N) is 1. The second-order valence-corrected chi connectivity index (χ2v) is 6.22. The largest absolute Gasteiger partial charge is 0.514 e. The Labute approximate surface area is 137 Å². The average Bonchev–Trinajstić information content (AvgIpc) is 2.91. The molecule has 2 rings (SSSR count). The number of ether oxygens (including phenoxy) is 1. The number of carbonyl (C=O) groups excluding carboxylic acids is 1. The summed E-state index contributed by atoms with van der Waals surface area (Å²) in [6.45, 7) is 4.45. The van der Waals surface area contributed by atoms with E-state index in [1.54, 1.807) is 6.92 Å². The van der Waals surface area contributed by atoms with Gasteiger partial charge in [0.15, 0.2) is 6.04 Å². The zero-order valence-electron chi connectivity index (χ0n) is 13.9. The summed E-state index contributed by atoms with van der Waals surface area (Å²) in [5.41, 5.74) is 1.11. The SMILES string of the molecule is CCOC(=O)[C@H](CCc1ccccc1)[N+]1(C(=O)O)CCC[C@H]1C. The quantitative estimate of drug-likeness (QED) is 0.645. The number of carbonyl (C=O) groups is 2. The zero-order chi connectivity index (χ0) is 16.9. The highest BCUT2D eigenvalue weighted by Gasteiger charge is 2.55. The van der Waals surface area contributed by atoms with E-state index in [2.05, 4.69) is 0 Å². The molecule has 1 unspecified atom stereocenters. The Morgan fingerprint density at radius 3 is 2.57 bits per heavy atom. The van der Waals surface area contributed by atoms with E-state index in [1.165, 1.54) is 0 Å². The lowest BCUT2D eigenvalue weighted by atomic mass is 10.0. The van der Waals surface area contributed by atoms with Gasteiger partial charge in [-0.3, -0.25) is 0 Å². The zero-order valence-corrected chi connectivity index (χ0v) is 13.9. The summed E-state index contributed by atoms with van der Waals surface area (Å²) in [7, 11) is 0. The molecular formula is C18H26NO4+. The Bertz CT molecular complexity index is 545. The third kappa shape index (κ3) is 3.55. The van der Waals surface area contributed by atoms with Crippen LogP contribution in [0, 0.1) is 0 Å². The van der Waals surface area contributed by atoms with Gasteiger partial charge in [0, 0.05) is 19.3 Å². The van der Waals surface area contributed by atoms with Gasteiger partial charge in [-0.05, 0) is 25.8 Å². The number of benzene rings is 1. The first-order valence-corrected chi connectivity index (χ1v) is 8.33. The molecule has 1 aromatic rings. The van der Waals surface area contributed by atoms with Gasteiger partial charge < -0.3 is 9.84 Å². The monoisotopic (exact) mass is 320 g/mol. The number of aryl methyl sites for hydroxylation is 1. The predicted octanol–water partition coefficient (Wildman–Crippen LogP) is 3.23. The van der Waals surface area contributed by atoms with Crippen molar-refractivity contribution >= 4 is 12.1 Å². The Kier molecular flexibility index (Phi) is 5.77. The second kappa shape index (κ2) is 7.59. The maximum atomic E-state index is 12.5. The summed E-state index contributed by atoms with van der Waals surface area (Å²) in [6, 6.07) is 9.13. The lowest BCUT2D eigenvalue weighted by Crippen LogP contribution is -2.63. The lowest BCUT2D eigenvalue weighted by Gasteiger charge is -2.38. The second-order valence-electron chi connectivity index (χ2n) is 6.22. The van der Waals surface area contributed by atoms with E-state index in [-0.39, 0.29) is 23.1 Å². The molecule has 1 aliphatic rings. The molecule has 0 radical (unpaired) electrons. The first-order valence-electron chi connectivity index (χ1n) is 8.33. The van der Waals surface area contributed by atoms with Crippen LogP contribution in [0.15, 0.2) is 30.3 Å². The Morgan fingerprint density at radius 2 is 2.04 bits per heavy atom. The number of quaternary nitrogens is 1. The first-order chi connectivity index (χ1) is 11.0. The fourth-order valence-electron chi connectivity index (χ4n) is 3.70. The number of rotatable bonds is 6. The molecule has 1 amide bonds. The summed E-state index contributed by atoms with van der Waals surface area (Å²) < 4.78 is 5.02. The molecule has 1 fully saturated rings. The minimum atomic E-state index is -0.916. The van der Waals surface area contributed by atoms with E-state index in [0.29, 0.717) is 19.4 Å². The van der Waals surface area contributed by atoms with Gasteiger partial charge in [-0.2, -0.15) is 4.79 Å². The van der Waals surface area contributed by atoms with Crippen LogP contribution in [0.4, 0.5) is 4.79 Å². The molecule has 0 aromatic heterocycles. The Balaban J connectivity index is 2.25. The summed E-state index contributed by atoms with van der Waals surface area (Å²) >= 11 is 0. The molecule has 1 heterocycles. The summed E-state index contributed by atoms with van der Waals surface area (Å²) in [6.07, 6.45) is 1.90. The average molecular weight is 320 g/mol. The highest BCUT2D eigenvalue weighted by atomic mass is 16.5. The van der Waals surface area contributed by atoms with E-state index >= 15 is 0 Å². The molecule has 1 N–H and O–H groups in total. The highest BCUT2D eigenvalue weighted by molar-refractivity contribution is 5.77. The van der Waals surface area contributed by atoms with Gasteiger partial charge in [-0.15, -0.1) is 0 Å². The minimum absolute atomic E-state index is 0.0716. The van der Waals surface area contributed by atoms with Crippen LogP contribution in [0.1, 0.15) is 38.7 Å². The van der Waals surface area contributed by atoms with Gasteiger partial charge in [0.2, 0.25) is 0 Å². The van der Waals surface area contributed by atoms with Crippen molar-refractivity contribution < 1.29 is 23.9 Å². The fourth-order valence-corrected chi connectivity index (χ4v) is 3.70. The van der Waals surface area contributed by atoms with Crippen molar-refractivity contribution in [2.75, 3.05) is 13.2 Å². The van der Waals surface area contributed by atoms with Gasteiger partial charge in [0.25, 0.3) is 0 Å². The van der Waals surface area contributed by atoms with Crippen molar-refractivity contribution in [3.8, 4) is 0 Å². The van der Waals surface area contributed by atoms with Gasteiger partial charge in [0.05, 0.1) is 19.2 Å². The Morgan fingerprint density at radius 1 is 1.35 bits per heavy atom. The number of hydrogen-bond acceptors (Lipinski definition) is 3. The van der Waals surface area contributed by atoms with Crippen molar-refractivity contribution in [3.05, 3.63) is 35.9 Å². The van der Waals surface area contributed by atoms with Crippen molar-refractivity contribution in [1.29, 1.82) is 0 Å². The predicted molar refractivity (Wildman–Crippen MR) is 87.0 cm³/mol. The van der Waals surface area contributed by atoms with E-state index in [0.717, 1.165) is 18.4 Å². The van der Waals surface area contributed by atoms with Gasteiger partial charge in [-0.25, -0.2) is 9.28 Å². The summed E-state index contributed by atoms with van der Waals surface area (Å²) in [5.74, 6) is -0.389. The van der Waals surface area contributed by atoms with Crippen molar-refractivity contribution in [2.24, 2.45) is 0 Å². The minimum Gasteiger partial charge on any atom is -0.462 e. The maximum Gasteiger partial charge on any atom is 0.514 e. The number of carboxylic acid groups (broad SMARTS) is 1. The van der Waals surface area contributed by atoms with E-state index in [9.17, 15) is 14.7 Å². The molecule has 0 spiro atoms. The van der Waals surface area contributed by atoms with Crippen LogP contribution in [0.5, 0.6) is 0 Å². The van der Waals surface area contributed by atoms with E-state index in [4.69, 9.17) is 4.74 Å². The van der Waals surface area contributed by atoms with Crippen molar-refractivity contribution in [3.63, 3.8) is 0 Å². The molecule has 5 nitrogen and oxygen atoms in total. The highest BCUT2D eigenvalue weighted by Crippen LogP contribution is 2.33. The molecule has 1 aliphatic heterocycles. The summed E-state index contributed by atoms with van der Waals surface area (Å²) in [4.78, 5) is 24.6. The van der Waals surface area contributed by atoms with Crippen LogP contribution >= 0.6 is 0 Å². The number of esters is 1. The van der Waals surface area contributed by atoms with Crippen LogP contribution in [0.2, 0.25) is 0 Å². The Hall–Kier alpha value is -1.88. The van der Waals surface area contributed by atoms with Crippen LogP contribution in [-0.2, 0) is 16.0 Å². The van der Waals surface area contributed by atoms with Crippen LogP contribution < -0.4 is 0 Å². The molecule has 23 heavy (non-hydrogen) atoms. The standard InChI is InChI=1S/C18H25NO4/c1-3-23-17(20)16(12-11-15-9-5-4-6-10-15)19(18(21)22)13-7-8-14(19)2/h4-6,9-10,14,16H,3,7-8,11-13H2,1-2H3/p+1/t14-,16+,19?/m1/s1. The molecule has 5 heteroatoms. The van der Waals surface area contributed by atoms with Gasteiger partial charge in [0.1, 0.15) is 0 Å². The molecular weight excluding hydrogens is 294 g/mol. The topological polar surface area (TPSA) is 63.6 Å². The molecule has 0 aliphatic carbocycles. The van der Waals surface area contributed by atoms with Crippen LogP contribution in [0.3, 0.4) is 0 Å². The molecule has 1 aromatic carbocycles. The maximum absolute atomic E-state index is 12.5. The van der Waals surface area contributed by atoms with Gasteiger partial charge in [-0.1, -0.05) is 30.3 Å². The van der Waals surface area contributed by atoms with Gasteiger partial charge >= 0.3 is 12.1 Å². The first kappa shape index (κ1) is 17.5. The van der Waals surface area contributed by atoms with Crippen molar-refractivity contribution in [2.45, 2.75) is 51.6 Å². The molecule has 1 saturated heterocycles. The smallest absolute Gasteiger partial charge is 0.462 e. The molecule has 0 bridgehead atoms.